The van der Waals surface area contributed by atoms with Gasteiger partial charge in [0.25, 0.3) is 0 Å². The second-order valence-electron chi connectivity index (χ2n) is 5.78. The minimum absolute atomic E-state index is 0.123. The largest absolute Gasteiger partial charge is 0.479 e. The number of carboxylic acid groups (broad SMARTS) is 1. The van der Waals surface area contributed by atoms with Crippen molar-refractivity contribution in [3.05, 3.63) is 48.0 Å². The van der Waals surface area contributed by atoms with Gasteiger partial charge in [0.15, 0.2) is 5.78 Å². The molecule has 0 saturated carbocycles. The number of carboxylic acids is 1. The number of rotatable bonds is 6. The lowest BCUT2D eigenvalue weighted by Gasteiger charge is -2.06. The quantitative estimate of drug-likeness (QED) is 0.644. The number of aliphatic carboxylic acids is 1. The topological polar surface area (TPSA) is 79.4 Å². The highest BCUT2D eigenvalue weighted by Crippen LogP contribution is 2.48. The Balaban J connectivity index is 0.000000185. The number of Topliss-reactive ketones (excluding diaryl/α,β-unsaturated/α-hetero) is 1. The van der Waals surface area contributed by atoms with E-state index in [1.165, 1.54) is 0 Å². The molecule has 124 valence electrons. The van der Waals surface area contributed by atoms with Crippen molar-refractivity contribution in [2.45, 2.75) is 44.5 Å². The highest BCUT2D eigenvalue weighted by molar-refractivity contribution is 5.94. The van der Waals surface area contributed by atoms with E-state index in [9.17, 15) is 9.59 Å². The van der Waals surface area contributed by atoms with Crippen molar-refractivity contribution in [2.24, 2.45) is 0 Å². The molecule has 2 heterocycles. The summed E-state index contributed by atoms with van der Waals surface area (Å²) in [6, 6.07) is 9.11. The smallest absolute Gasteiger partial charge is 0.343 e. The summed E-state index contributed by atoms with van der Waals surface area (Å²) in [6.45, 7) is 7.94. The molecular weight excluding hydrogens is 296 g/mol. The molecule has 0 aliphatic carbocycles. The van der Waals surface area contributed by atoms with Gasteiger partial charge in [-0.1, -0.05) is 43.8 Å². The maximum absolute atomic E-state index is 11.1. The van der Waals surface area contributed by atoms with Crippen LogP contribution in [0.3, 0.4) is 0 Å². The summed E-state index contributed by atoms with van der Waals surface area (Å²) >= 11 is 0. The molecule has 3 unspecified atom stereocenters. The monoisotopic (exact) mass is 318 g/mol. The minimum Gasteiger partial charge on any atom is -0.479 e. The van der Waals surface area contributed by atoms with E-state index in [4.69, 9.17) is 14.6 Å². The van der Waals surface area contributed by atoms with Crippen molar-refractivity contribution in [3.8, 4) is 0 Å². The second-order valence-corrected chi connectivity index (χ2v) is 5.78. The lowest BCUT2D eigenvalue weighted by molar-refractivity contribution is -0.143. The summed E-state index contributed by atoms with van der Waals surface area (Å²) in [5.41, 5.74) is 0.292. The molecule has 5 heteroatoms. The molecule has 5 nitrogen and oxygen atoms in total. The molecule has 2 fully saturated rings. The standard InChI is InChI=1S/C11H12O3.C7H10O2/c1-2-9-11(14-9,10(12)13)8-6-4-3-5-7-8;1-5(2)7(8)3-6-4-9-6/h3-7,9H,2H2,1H3,(H,12,13);6H,1,3-4H2,2H3. The molecule has 0 spiro atoms. The van der Waals surface area contributed by atoms with E-state index >= 15 is 0 Å². The third kappa shape index (κ3) is 4.06. The molecule has 23 heavy (non-hydrogen) atoms. The summed E-state index contributed by atoms with van der Waals surface area (Å²) in [7, 11) is 0. The fraction of sp³-hybridized carbons (Fsp3) is 0.444. The van der Waals surface area contributed by atoms with Gasteiger partial charge in [0, 0.05) is 6.42 Å². The van der Waals surface area contributed by atoms with Crippen LogP contribution < -0.4 is 0 Å². The number of epoxide rings is 2. The Labute approximate surface area is 135 Å². The van der Waals surface area contributed by atoms with Gasteiger partial charge in [0.1, 0.15) is 6.10 Å². The predicted molar refractivity (Wildman–Crippen MR) is 85.1 cm³/mol. The predicted octanol–water partition coefficient (Wildman–Crippen LogP) is 2.70. The number of carbonyl (C=O) groups is 2. The van der Waals surface area contributed by atoms with Crippen molar-refractivity contribution in [1.82, 2.24) is 0 Å². The van der Waals surface area contributed by atoms with Crippen LogP contribution >= 0.6 is 0 Å². The van der Waals surface area contributed by atoms with Crippen molar-refractivity contribution in [3.63, 3.8) is 0 Å². The Kier molecular flexibility index (Phi) is 5.34. The molecule has 0 aromatic heterocycles. The number of hydrogen-bond acceptors (Lipinski definition) is 4. The molecular formula is C18H22O5. The molecule has 3 atom stereocenters. The fourth-order valence-corrected chi connectivity index (χ4v) is 2.38. The number of ether oxygens (including phenoxy) is 2. The first-order valence-corrected chi connectivity index (χ1v) is 7.68. The summed E-state index contributed by atoms with van der Waals surface area (Å²) < 4.78 is 10.2. The SMILES string of the molecule is C=C(C)C(=O)CC1CO1.CCC1OC1(C(=O)O)c1ccccc1. The molecule has 1 aromatic carbocycles. The summed E-state index contributed by atoms with van der Waals surface area (Å²) in [4.78, 5) is 21.9. The van der Waals surface area contributed by atoms with E-state index in [1.54, 1.807) is 19.1 Å². The Morgan fingerprint density at radius 1 is 1.35 bits per heavy atom. The van der Waals surface area contributed by atoms with Crippen LogP contribution in [0.25, 0.3) is 0 Å². The molecule has 1 aromatic rings. The van der Waals surface area contributed by atoms with Gasteiger partial charge in [-0.05, 0) is 24.5 Å². The first-order chi connectivity index (χ1) is 10.9. The third-order valence-electron chi connectivity index (χ3n) is 3.91. The molecule has 1 N–H and O–H groups in total. The lowest BCUT2D eigenvalue weighted by atomic mass is 9.94. The van der Waals surface area contributed by atoms with Gasteiger partial charge in [-0.2, -0.15) is 0 Å². The highest BCUT2D eigenvalue weighted by atomic mass is 16.6. The average Bonchev–Trinajstić information content (AvgIpc) is 3.43. The van der Waals surface area contributed by atoms with E-state index in [1.807, 2.05) is 25.1 Å². The fourth-order valence-electron chi connectivity index (χ4n) is 2.38. The zero-order chi connectivity index (χ0) is 17.0. The number of benzene rings is 1. The summed E-state index contributed by atoms with van der Waals surface area (Å²) in [5, 5.41) is 9.13. The van der Waals surface area contributed by atoms with Gasteiger partial charge in [0.05, 0.1) is 12.7 Å². The molecule has 2 saturated heterocycles. The van der Waals surface area contributed by atoms with E-state index in [0.29, 0.717) is 12.0 Å². The van der Waals surface area contributed by atoms with Crippen molar-refractivity contribution in [1.29, 1.82) is 0 Å². The van der Waals surface area contributed by atoms with Crippen LogP contribution in [-0.4, -0.2) is 35.7 Å². The van der Waals surface area contributed by atoms with Crippen LogP contribution in [-0.2, 0) is 24.7 Å². The molecule has 3 rings (SSSR count). The third-order valence-corrected chi connectivity index (χ3v) is 3.91. The van der Waals surface area contributed by atoms with Crippen LogP contribution in [0.1, 0.15) is 32.3 Å². The minimum atomic E-state index is -1.07. The summed E-state index contributed by atoms with van der Waals surface area (Å²) in [5.74, 6) is -0.770. The van der Waals surface area contributed by atoms with Crippen LogP contribution in [0.2, 0.25) is 0 Å². The number of ketones is 1. The Hall–Kier alpha value is -1.98. The van der Waals surface area contributed by atoms with Crippen LogP contribution in [0.5, 0.6) is 0 Å². The van der Waals surface area contributed by atoms with E-state index < -0.39 is 11.6 Å². The Bertz CT molecular complexity index is 591. The highest BCUT2D eigenvalue weighted by Gasteiger charge is 2.63. The van der Waals surface area contributed by atoms with Gasteiger partial charge in [-0.15, -0.1) is 0 Å². The van der Waals surface area contributed by atoms with Gasteiger partial charge < -0.3 is 14.6 Å². The van der Waals surface area contributed by atoms with Gasteiger partial charge >= 0.3 is 5.97 Å². The second kappa shape index (κ2) is 7.06. The maximum atomic E-state index is 11.1. The van der Waals surface area contributed by atoms with E-state index in [2.05, 4.69) is 6.58 Å². The zero-order valence-corrected chi connectivity index (χ0v) is 13.5. The normalized spacial score (nSPS) is 27.4. The number of allylic oxidation sites excluding steroid dienone is 1. The van der Waals surface area contributed by atoms with Crippen molar-refractivity contribution in [2.75, 3.05) is 6.61 Å². The van der Waals surface area contributed by atoms with E-state index in [0.717, 1.165) is 18.6 Å². The van der Waals surface area contributed by atoms with Gasteiger partial charge in [-0.3, -0.25) is 4.79 Å². The average molecular weight is 318 g/mol. The molecule has 0 bridgehead atoms. The molecule has 2 aliphatic rings. The number of hydrogen-bond donors (Lipinski definition) is 1. The molecule has 0 amide bonds. The first-order valence-electron chi connectivity index (χ1n) is 7.68. The van der Waals surface area contributed by atoms with Crippen LogP contribution in [0, 0.1) is 0 Å². The maximum Gasteiger partial charge on any atom is 0.343 e. The number of carbonyl (C=O) groups excluding carboxylic acids is 1. The molecule has 0 radical (unpaired) electrons. The first kappa shape index (κ1) is 17.4. The van der Waals surface area contributed by atoms with E-state index in [-0.39, 0.29) is 18.0 Å². The van der Waals surface area contributed by atoms with Crippen LogP contribution in [0.15, 0.2) is 42.5 Å². The molecule has 2 aliphatic heterocycles. The zero-order valence-electron chi connectivity index (χ0n) is 13.5. The van der Waals surface area contributed by atoms with Gasteiger partial charge in [0.2, 0.25) is 5.60 Å². The summed E-state index contributed by atoms with van der Waals surface area (Å²) in [6.07, 6.45) is 1.27. The van der Waals surface area contributed by atoms with Crippen molar-refractivity contribution >= 4 is 11.8 Å². The van der Waals surface area contributed by atoms with Crippen molar-refractivity contribution < 1.29 is 24.2 Å². The Morgan fingerprint density at radius 3 is 2.35 bits per heavy atom. The Morgan fingerprint density at radius 2 is 1.96 bits per heavy atom. The lowest BCUT2D eigenvalue weighted by Crippen LogP contribution is -2.24. The van der Waals surface area contributed by atoms with Crippen LogP contribution in [0.4, 0.5) is 0 Å². The van der Waals surface area contributed by atoms with Gasteiger partial charge in [-0.25, -0.2) is 4.79 Å².